The summed E-state index contributed by atoms with van der Waals surface area (Å²) in [6, 6.07) is 10.9. The van der Waals surface area contributed by atoms with Crippen LogP contribution in [0.4, 0.5) is 9.18 Å². The molecule has 1 amide bonds. The highest BCUT2D eigenvalue weighted by Gasteiger charge is 2.60. The topological polar surface area (TPSA) is 90.4 Å². The number of hydrogen-bond donors (Lipinski definition) is 1. The number of piperidine rings is 1. The van der Waals surface area contributed by atoms with E-state index in [2.05, 4.69) is 4.90 Å². The number of benzene rings is 2. The molecule has 1 saturated carbocycles. The lowest BCUT2D eigenvalue weighted by Crippen LogP contribution is -2.55. The van der Waals surface area contributed by atoms with Gasteiger partial charge in [-0.3, -0.25) is 4.90 Å². The Morgan fingerprint density at radius 2 is 1.79 bits per heavy atom. The first-order chi connectivity index (χ1) is 18.2. The maximum Gasteiger partial charge on any atom is 0.410 e. The van der Waals surface area contributed by atoms with Gasteiger partial charge in [-0.2, -0.15) is 4.31 Å². The molecule has 0 radical (unpaired) electrons. The predicted molar refractivity (Wildman–Crippen MR) is 141 cm³/mol. The molecule has 2 saturated heterocycles. The summed E-state index contributed by atoms with van der Waals surface area (Å²) in [5.41, 5.74) is -0.348. The van der Waals surface area contributed by atoms with Crippen LogP contribution in [-0.4, -0.2) is 84.7 Å². The van der Waals surface area contributed by atoms with E-state index in [1.807, 2.05) is 0 Å². The number of hydrogen-bond acceptors (Lipinski definition) is 6. The largest absolute Gasteiger partial charge is 0.441 e. The molecular weight excluding hydrogens is 533 g/mol. The highest BCUT2D eigenvalue weighted by molar-refractivity contribution is 7.89. The normalized spacial score (nSPS) is 24.2. The highest BCUT2D eigenvalue weighted by atomic mass is 35.5. The van der Waals surface area contributed by atoms with Crippen molar-refractivity contribution in [2.45, 2.75) is 54.7 Å². The number of β-amino-alcohol motifs (C(OH)–C–C–N with tert-alkyl or cyclic N) is 1. The van der Waals surface area contributed by atoms with Crippen LogP contribution in [0.3, 0.4) is 0 Å². The monoisotopic (exact) mass is 565 g/mol. The van der Waals surface area contributed by atoms with Gasteiger partial charge in [-0.05, 0) is 74.1 Å². The summed E-state index contributed by atoms with van der Waals surface area (Å²) < 4.78 is 50.1. The number of nitrogens with zero attached hydrogens (tertiary/aromatic N) is 3. The minimum atomic E-state index is -4.04. The Hall–Kier alpha value is -2.24. The van der Waals surface area contributed by atoms with E-state index < -0.39 is 39.6 Å². The van der Waals surface area contributed by atoms with Gasteiger partial charge in [0.25, 0.3) is 0 Å². The summed E-state index contributed by atoms with van der Waals surface area (Å²) in [6.07, 6.45) is 2.48. The second-order valence-corrected chi connectivity index (χ2v) is 12.6. The Balaban J connectivity index is 1.44. The molecule has 8 nitrogen and oxygen atoms in total. The summed E-state index contributed by atoms with van der Waals surface area (Å²) in [7, 11) is -4.04. The zero-order valence-electron chi connectivity index (χ0n) is 21.1. The molecule has 2 heterocycles. The van der Waals surface area contributed by atoms with Gasteiger partial charge in [0.15, 0.2) is 0 Å². The Morgan fingerprint density at radius 3 is 2.42 bits per heavy atom. The first-order valence-electron chi connectivity index (χ1n) is 13.1. The molecule has 0 bridgehead atoms. The SMILES string of the molecule is O=C(OC1(C2CCCC(c3cccc(F)c3)N2S(=O)(=O)c2ccc(Cl)cc2)CC1)N1CCN(CCO)CC1. The van der Waals surface area contributed by atoms with Gasteiger partial charge in [0.05, 0.1) is 23.6 Å². The lowest BCUT2D eigenvalue weighted by Gasteiger charge is -2.45. The number of ether oxygens (including phenoxy) is 1. The van der Waals surface area contributed by atoms with Crippen LogP contribution < -0.4 is 0 Å². The van der Waals surface area contributed by atoms with Crippen LogP contribution in [0, 0.1) is 5.82 Å². The van der Waals surface area contributed by atoms with Crippen LogP contribution in [0.2, 0.25) is 5.02 Å². The molecule has 206 valence electrons. The third-order valence-corrected chi connectivity index (χ3v) is 10.1. The molecule has 3 fully saturated rings. The lowest BCUT2D eigenvalue weighted by molar-refractivity contribution is -0.0145. The molecule has 2 unspecified atom stereocenters. The fourth-order valence-corrected chi connectivity index (χ4v) is 7.77. The quantitative estimate of drug-likeness (QED) is 0.545. The fourth-order valence-electron chi connectivity index (χ4n) is 5.72. The van der Waals surface area contributed by atoms with Gasteiger partial charge in [-0.15, -0.1) is 0 Å². The molecule has 5 rings (SSSR count). The number of aliphatic hydroxyl groups excluding tert-OH is 1. The molecular formula is C27H33ClFN3O5S. The molecule has 38 heavy (non-hydrogen) atoms. The summed E-state index contributed by atoms with van der Waals surface area (Å²) in [5.74, 6) is -0.429. The second kappa shape index (κ2) is 11.1. The number of halogens is 2. The minimum Gasteiger partial charge on any atom is -0.441 e. The van der Waals surface area contributed by atoms with Crippen molar-refractivity contribution in [2.75, 3.05) is 39.3 Å². The van der Waals surface area contributed by atoms with E-state index >= 15 is 0 Å². The Morgan fingerprint density at radius 1 is 1.08 bits per heavy atom. The Bertz CT molecular complexity index is 1250. The molecule has 2 aromatic rings. The first-order valence-corrected chi connectivity index (χ1v) is 14.9. The van der Waals surface area contributed by atoms with Gasteiger partial charge >= 0.3 is 6.09 Å². The molecule has 2 atom stereocenters. The van der Waals surface area contributed by atoms with E-state index in [0.717, 1.165) is 6.42 Å². The number of sulfonamides is 1. The maximum absolute atomic E-state index is 14.2. The number of piperazine rings is 1. The zero-order valence-corrected chi connectivity index (χ0v) is 22.7. The number of carbonyl (C=O) groups excluding carboxylic acids is 1. The average molecular weight is 566 g/mol. The van der Waals surface area contributed by atoms with Crippen LogP contribution >= 0.6 is 11.6 Å². The minimum absolute atomic E-state index is 0.0691. The average Bonchev–Trinajstić information content (AvgIpc) is 3.69. The van der Waals surface area contributed by atoms with Crippen LogP contribution in [0.5, 0.6) is 0 Å². The van der Waals surface area contributed by atoms with Gasteiger partial charge in [-0.1, -0.05) is 23.7 Å². The van der Waals surface area contributed by atoms with Crippen molar-refractivity contribution in [2.24, 2.45) is 0 Å². The van der Waals surface area contributed by atoms with Gasteiger partial charge in [0.1, 0.15) is 11.4 Å². The van der Waals surface area contributed by atoms with Gasteiger partial charge in [0.2, 0.25) is 10.0 Å². The number of rotatable bonds is 7. The van der Waals surface area contributed by atoms with Gasteiger partial charge < -0.3 is 14.7 Å². The standard InChI is InChI=1S/C27H33ClFN3O5S/c28-21-7-9-23(10-8-21)38(35,36)32-24(20-3-1-4-22(29)19-20)5-2-6-25(32)27(11-12-27)37-26(34)31-15-13-30(14-16-31)17-18-33/h1,3-4,7-10,19,24-25,33H,2,5-6,11-18H2. The van der Waals surface area contributed by atoms with Crippen LogP contribution in [-0.2, 0) is 14.8 Å². The van der Waals surface area contributed by atoms with Crippen molar-refractivity contribution in [3.05, 3.63) is 64.9 Å². The molecule has 2 aliphatic heterocycles. The van der Waals surface area contributed by atoms with E-state index in [1.165, 1.54) is 40.7 Å². The molecule has 1 N–H and O–H groups in total. The molecule has 0 spiro atoms. The Kier molecular flexibility index (Phi) is 7.98. The van der Waals surface area contributed by atoms with E-state index in [9.17, 15) is 22.7 Å². The third kappa shape index (κ3) is 5.56. The van der Waals surface area contributed by atoms with Crippen molar-refractivity contribution in [1.82, 2.24) is 14.1 Å². The maximum atomic E-state index is 14.2. The molecule has 11 heteroatoms. The summed E-state index contributed by atoms with van der Waals surface area (Å²) in [5, 5.41) is 9.60. The van der Waals surface area contributed by atoms with Crippen molar-refractivity contribution in [1.29, 1.82) is 0 Å². The van der Waals surface area contributed by atoms with Crippen molar-refractivity contribution >= 4 is 27.7 Å². The lowest BCUT2D eigenvalue weighted by atomic mass is 9.90. The summed E-state index contributed by atoms with van der Waals surface area (Å²) in [4.78, 5) is 17.1. The second-order valence-electron chi connectivity index (χ2n) is 10.3. The van der Waals surface area contributed by atoms with E-state index in [4.69, 9.17) is 16.3 Å². The number of carbonyl (C=O) groups is 1. The Labute approximate surface area is 228 Å². The molecule has 0 aromatic heterocycles. The highest BCUT2D eigenvalue weighted by Crippen LogP contribution is 2.52. The molecule has 3 aliphatic rings. The van der Waals surface area contributed by atoms with E-state index in [-0.39, 0.29) is 11.5 Å². The van der Waals surface area contributed by atoms with Crippen LogP contribution in [0.25, 0.3) is 0 Å². The van der Waals surface area contributed by atoms with Crippen LogP contribution in [0.15, 0.2) is 53.4 Å². The number of aliphatic hydroxyl groups is 1. The fraction of sp³-hybridized carbons (Fsp3) is 0.519. The summed E-state index contributed by atoms with van der Waals surface area (Å²) >= 11 is 6.03. The smallest absolute Gasteiger partial charge is 0.410 e. The molecule has 2 aromatic carbocycles. The number of amides is 1. The van der Waals surface area contributed by atoms with Crippen molar-refractivity contribution in [3.63, 3.8) is 0 Å². The summed E-state index contributed by atoms with van der Waals surface area (Å²) in [6.45, 7) is 2.89. The van der Waals surface area contributed by atoms with Crippen LogP contribution in [0.1, 0.15) is 43.7 Å². The van der Waals surface area contributed by atoms with Crippen molar-refractivity contribution in [3.8, 4) is 0 Å². The van der Waals surface area contributed by atoms with Gasteiger partial charge in [0, 0.05) is 37.7 Å². The van der Waals surface area contributed by atoms with Crippen molar-refractivity contribution < 1.29 is 27.4 Å². The molecule has 1 aliphatic carbocycles. The van der Waals surface area contributed by atoms with Gasteiger partial charge in [-0.25, -0.2) is 17.6 Å². The predicted octanol–water partition coefficient (Wildman–Crippen LogP) is 4.04. The third-order valence-electron chi connectivity index (χ3n) is 7.88. The van der Waals surface area contributed by atoms with E-state index in [0.29, 0.717) is 69.0 Å². The zero-order chi connectivity index (χ0) is 26.9. The van der Waals surface area contributed by atoms with E-state index in [1.54, 1.807) is 17.0 Å². The first kappa shape index (κ1) is 27.3.